The van der Waals surface area contributed by atoms with Crippen molar-refractivity contribution in [1.29, 1.82) is 0 Å². The third-order valence-electron chi connectivity index (χ3n) is 4.26. The van der Waals surface area contributed by atoms with Gasteiger partial charge in [-0.1, -0.05) is 42.5 Å². The summed E-state index contributed by atoms with van der Waals surface area (Å²) in [5.74, 6) is 0. The van der Waals surface area contributed by atoms with E-state index in [9.17, 15) is 0 Å². The number of para-hydroxylation sites is 2. The van der Waals surface area contributed by atoms with E-state index in [1.54, 1.807) is 13.8 Å². The first-order valence-corrected chi connectivity index (χ1v) is 9.70. The number of aliphatic hydroxyl groups excluding tert-OH is 2. The molecular formula is C25H25IrN2O2-. The van der Waals surface area contributed by atoms with E-state index in [-0.39, 0.29) is 32.3 Å². The van der Waals surface area contributed by atoms with Gasteiger partial charge in [0.25, 0.3) is 0 Å². The molecule has 3 aromatic carbocycles. The van der Waals surface area contributed by atoms with Gasteiger partial charge in [-0.25, -0.2) is 0 Å². The topological polar surface area (TPSA) is 66.2 Å². The normalized spacial score (nSPS) is 12.3. The first-order chi connectivity index (χ1) is 14.0. The van der Waals surface area contributed by atoms with Crippen molar-refractivity contribution in [2.45, 2.75) is 32.5 Å². The molecule has 0 amide bonds. The number of hydrogen-bond acceptors (Lipinski definition) is 4. The molecule has 0 fully saturated rings. The van der Waals surface area contributed by atoms with Crippen molar-refractivity contribution in [3.63, 3.8) is 0 Å². The van der Waals surface area contributed by atoms with E-state index in [0.29, 0.717) is 6.42 Å². The molecule has 30 heavy (non-hydrogen) atoms. The molecule has 1 aromatic heterocycles. The molecule has 2 unspecified atom stereocenters. The van der Waals surface area contributed by atoms with Gasteiger partial charge in [-0.05, 0) is 38.0 Å². The number of aliphatic hydroxyl groups is 2. The minimum atomic E-state index is -0.375. The van der Waals surface area contributed by atoms with Crippen LogP contribution in [0, 0.1) is 6.07 Å². The standard InChI is InChI=1S/C20H13N2.C5H12O2.Ir/c1-3-9-15(10-4-1)19-20(16-11-5-2-6-12-16)22-18-14-8-7-13-17(18)21-19;1-4(6)3-5(2)7;/h1-11,13-14H;4-7H,3H2,1-2H3;/q-1;;. The van der Waals surface area contributed by atoms with Crippen LogP contribution in [0.2, 0.25) is 0 Å². The maximum Gasteiger partial charge on any atom is 0.0875 e. The molecule has 2 atom stereocenters. The summed E-state index contributed by atoms with van der Waals surface area (Å²) in [7, 11) is 0. The van der Waals surface area contributed by atoms with Crippen LogP contribution in [0.1, 0.15) is 20.3 Å². The number of rotatable bonds is 4. The summed E-state index contributed by atoms with van der Waals surface area (Å²) in [6.45, 7) is 3.32. The minimum Gasteiger partial charge on any atom is -0.393 e. The van der Waals surface area contributed by atoms with Crippen LogP contribution < -0.4 is 0 Å². The third kappa shape index (κ3) is 6.54. The summed E-state index contributed by atoms with van der Waals surface area (Å²) in [5, 5.41) is 17.1. The maximum atomic E-state index is 8.56. The Balaban J connectivity index is 0.000000350. The molecule has 0 bridgehead atoms. The van der Waals surface area contributed by atoms with Gasteiger partial charge in [0.2, 0.25) is 0 Å². The van der Waals surface area contributed by atoms with Crippen LogP contribution >= 0.6 is 0 Å². The van der Waals surface area contributed by atoms with Crippen LogP contribution in [-0.4, -0.2) is 32.4 Å². The number of nitrogens with zero attached hydrogens (tertiary/aromatic N) is 2. The van der Waals surface area contributed by atoms with Gasteiger partial charge < -0.3 is 10.2 Å². The summed E-state index contributed by atoms with van der Waals surface area (Å²) in [5.41, 5.74) is 5.58. The van der Waals surface area contributed by atoms with Gasteiger partial charge in [-0.3, -0.25) is 9.97 Å². The van der Waals surface area contributed by atoms with E-state index in [1.807, 2.05) is 66.7 Å². The van der Waals surface area contributed by atoms with Crippen LogP contribution in [0.15, 0.2) is 78.9 Å². The number of hydrogen-bond donors (Lipinski definition) is 2. The average Bonchev–Trinajstić information content (AvgIpc) is 2.73. The smallest absolute Gasteiger partial charge is 0.0875 e. The molecule has 2 N–H and O–H groups in total. The van der Waals surface area contributed by atoms with Gasteiger partial charge in [0.05, 0.1) is 28.9 Å². The third-order valence-corrected chi connectivity index (χ3v) is 4.26. The molecule has 0 aliphatic heterocycles. The van der Waals surface area contributed by atoms with Crippen molar-refractivity contribution in [3.8, 4) is 22.5 Å². The predicted octanol–water partition coefficient (Wildman–Crippen LogP) is 4.90. The van der Waals surface area contributed by atoms with Crippen LogP contribution in [0.3, 0.4) is 0 Å². The summed E-state index contributed by atoms with van der Waals surface area (Å²) in [6.07, 6.45) is -0.278. The van der Waals surface area contributed by atoms with Crippen molar-refractivity contribution < 1.29 is 30.3 Å². The quantitative estimate of drug-likeness (QED) is 0.339. The molecule has 0 saturated heterocycles. The molecule has 1 radical (unpaired) electrons. The number of fused-ring (bicyclic) bond motifs is 1. The fourth-order valence-electron chi connectivity index (χ4n) is 3.02. The van der Waals surface area contributed by atoms with E-state index in [2.05, 4.69) is 18.2 Å². The monoisotopic (exact) mass is 578 g/mol. The molecule has 4 nitrogen and oxygen atoms in total. The molecule has 157 valence electrons. The zero-order valence-corrected chi connectivity index (χ0v) is 19.4. The van der Waals surface area contributed by atoms with Crippen molar-refractivity contribution in [3.05, 3.63) is 84.9 Å². The SMILES string of the molecule is CC(O)CC(C)O.[Ir].[c-]1ccccc1-c1nc2ccccc2nc1-c1ccccc1. The number of aromatic nitrogens is 2. The van der Waals surface area contributed by atoms with Crippen LogP contribution in [0.5, 0.6) is 0 Å². The molecule has 5 heteroatoms. The average molecular weight is 578 g/mol. The van der Waals surface area contributed by atoms with Gasteiger partial charge >= 0.3 is 0 Å². The second-order valence-corrected chi connectivity index (χ2v) is 6.99. The fraction of sp³-hybridized carbons (Fsp3) is 0.200. The van der Waals surface area contributed by atoms with Crippen molar-refractivity contribution >= 4 is 11.0 Å². The molecule has 0 aliphatic carbocycles. The van der Waals surface area contributed by atoms with E-state index in [4.69, 9.17) is 20.2 Å². The molecule has 0 spiro atoms. The molecule has 0 aliphatic rings. The largest absolute Gasteiger partial charge is 0.393 e. The summed E-state index contributed by atoms with van der Waals surface area (Å²) >= 11 is 0. The zero-order valence-electron chi connectivity index (χ0n) is 17.0. The Kier molecular flexibility index (Phi) is 9.28. The Labute approximate surface area is 191 Å². The minimum absolute atomic E-state index is 0. The fourth-order valence-corrected chi connectivity index (χ4v) is 3.02. The van der Waals surface area contributed by atoms with Gasteiger partial charge in [-0.15, -0.1) is 35.9 Å². The predicted molar refractivity (Wildman–Crippen MR) is 117 cm³/mol. The summed E-state index contributed by atoms with van der Waals surface area (Å²) in [6, 6.07) is 29.3. The second-order valence-electron chi connectivity index (χ2n) is 6.99. The van der Waals surface area contributed by atoms with Gasteiger partial charge in [0, 0.05) is 25.8 Å². The molecule has 0 saturated carbocycles. The van der Waals surface area contributed by atoms with E-state index in [1.165, 1.54) is 0 Å². The first kappa shape index (κ1) is 23.8. The van der Waals surface area contributed by atoms with Crippen LogP contribution in [0.4, 0.5) is 0 Å². The Morgan fingerprint density at radius 3 is 1.77 bits per heavy atom. The molecular weight excluding hydrogens is 553 g/mol. The Bertz CT molecular complexity index is 955. The molecule has 4 rings (SSSR count). The molecule has 4 aromatic rings. The number of benzene rings is 3. The van der Waals surface area contributed by atoms with Crippen molar-refractivity contribution in [2.24, 2.45) is 0 Å². The Morgan fingerprint density at radius 2 is 1.27 bits per heavy atom. The van der Waals surface area contributed by atoms with Gasteiger partial charge in [-0.2, -0.15) is 0 Å². The van der Waals surface area contributed by atoms with Gasteiger partial charge in [0.1, 0.15) is 0 Å². The molecule has 1 heterocycles. The maximum absolute atomic E-state index is 8.56. The van der Waals surface area contributed by atoms with Crippen LogP contribution in [-0.2, 0) is 20.1 Å². The van der Waals surface area contributed by atoms with Gasteiger partial charge in [0.15, 0.2) is 0 Å². The summed E-state index contributed by atoms with van der Waals surface area (Å²) < 4.78 is 0. The second kappa shape index (κ2) is 11.7. The van der Waals surface area contributed by atoms with Crippen molar-refractivity contribution in [1.82, 2.24) is 9.97 Å². The van der Waals surface area contributed by atoms with E-state index in [0.717, 1.165) is 33.5 Å². The first-order valence-electron chi connectivity index (χ1n) is 9.70. The van der Waals surface area contributed by atoms with Crippen molar-refractivity contribution in [2.75, 3.05) is 0 Å². The van der Waals surface area contributed by atoms with E-state index >= 15 is 0 Å². The summed E-state index contributed by atoms with van der Waals surface area (Å²) in [4.78, 5) is 9.67. The van der Waals surface area contributed by atoms with Crippen LogP contribution in [0.25, 0.3) is 33.5 Å². The Morgan fingerprint density at radius 1 is 0.733 bits per heavy atom. The zero-order chi connectivity index (χ0) is 20.6. The van der Waals surface area contributed by atoms with E-state index < -0.39 is 0 Å². The Hall–Kier alpha value is -2.43.